The Balaban J connectivity index is 1.41. The summed E-state index contributed by atoms with van der Waals surface area (Å²) < 4.78 is 23.1. The molecule has 1 fully saturated rings. The van der Waals surface area contributed by atoms with Crippen LogP contribution in [0.25, 0.3) is 16.6 Å². The molecule has 0 spiro atoms. The van der Waals surface area contributed by atoms with Crippen LogP contribution in [0, 0.1) is 41.3 Å². The highest BCUT2D eigenvalue weighted by molar-refractivity contribution is 7.99. The van der Waals surface area contributed by atoms with E-state index in [0.717, 1.165) is 42.5 Å². The van der Waals surface area contributed by atoms with E-state index in [1.165, 1.54) is 30.1 Å². The summed E-state index contributed by atoms with van der Waals surface area (Å²) in [4.78, 5) is 13.6. The minimum atomic E-state index is -0.613. The van der Waals surface area contributed by atoms with Gasteiger partial charge in [-0.3, -0.25) is 9.48 Å². The van der Waals surface area contributed by atoms with Gasteiger partial charge in [-0.2, -0.15) is 20.7 Å². The number of halogens is 1. The molecule has 3 aromatic heterocycles. The molecule has 1 saturated carbocycles. The number of ether oxygens (including phenoxy) is 1. The smallest absolute Gasteiger partial charge is 0.323 e. The number of carbonyl (C=O) groups excluding carboxylic acids is 1. The maximum atomic E-state index is 13.8. The van der Waals surface area contributed by atoms with Gasteiger partial charge >= 0.3 is 5.97 Å². The zero-order valence-electron chi connectivity index (χ0n) is 23.0. The predicted molar refractivity (Wildman–Crippen MR) is 151 cm³/mol. The number of aromatic nitrogens is 4. The number of esters is 1. The van der Waals surface area contributed by atoms with Crippen LogP contribution < -0.4 is 5.73 Å². The monoisotopic (exact) mass is 571 g/mol. The first-order valence-corrected chi connectivity index (χ1v) is 14.3. The van der Waals surface area contributed by atoms with E-state index in [-0.39, 0.29) is 29.6 Å². The fraction of sp³-hybridized carbons (Fsp3) is 0.367. The third kappa shape index (κ3) is 5.69. The van der Waals surface area contributed by atoms with Crippen molar-refractivity contribution < 1.29 is 13.9 Å². The lowest BCUT2D eigenvalue weighted by atomic mass is 9.92. The molecule has 0 saturated heterocycles. The van der Waals surface area contributed by atoms with Crippen LogP contribution in [0.2, 0.25) is 0 Å². The van der Waals surface area contributed by atoms with Crippen LogP contribution in [-0.4, -0.2) is 37.5 Å². The number of hydrogen-bond acceptors (Lipinski definition) is 8. The molecule has 1 unspecified atom stereocenters. The van der Waals surface area contributed by atoms with E-state index in [9.17, 15) is 19.7 Å². The molecule has 0 amide bonds. The zero-order chi connectivity index (χ0) is 29.3. The number of nitriles is 2. The van der Waals surface area contributed by atoms with E-state index >= 15 is 0 Å². The van der Waals surface area contributed by atoms with Crippen molar-refractivity contribution >= 4 is 23.2 Å². The molecular formula is C30H30FN7O2S. The van der Waals surface area contributed by atoms with Crippen LogP contribution in [0.3, 0.4) is 0 Å². The Morgan fingerprint density at radius 2 is 1.83 bits per heavy atom. The Bertz CT molecular complexity index is 1690. The Morgan fingerprint density at radius 1 is 1.10 bits per heavy atom. The summed E-state index contributed by atoms with van der Waals surface area (Å²) in [5.41, 5.74) is 9.93. The summed E-state index contributed by atoms with van der Waals surface area (Å²) in [6, 6.07) is 9.82. The van der Waals surface area contributed by atoms with Gasteiger partial charge in [-0.1, -0.05) is 25.6 Å². The highest BCUT2D eigenvalue weighted by Gasteiger charge is 2.29. The standard InChI is InChI=1S/C30H30FN7O2S/c1-17(2)28(34)30(39)40-24-7-5-23(6-8-24)38-18(3)25(15-36-38)20-11-27(29-21(13-33)14-35-37(29)16-20)41-26-9-4-22(31)10-19(26)12-32/h4,9-11,14-17,23-24,28H,5-8,34H2,1-3H3/t23-,24-,28?. The first-order valence-electron chi connectivity index (χ1n) is 13.5. The summed E-state index contributed by atoms with van der Waals surface area (Å²) in [6.07, 6.45) is 8.18. The van der Waals surface area contributed by atoms with Gasteiger partial charge in [0, 0.05) is 32.8 Å². The molecule has 4 aromatic rings. The fourth-order valence-electron chi connectivity index (χ4n) is 5.19. The molecule has 1 aromatic carbocycles. The predicted octanol–water partition coefficient (Wildman–Crippen LogP) is 5.55. The van der Waals surface area contributed by atoms with E-state index in [2.05, 4.69) is 17.2 Å². The molecular weight excluding hydrogens is 541 g/mol. The Morgan fingerprint density at radius 3 is 2.51 bits per heavy atom. The number of benzene rings is 1. The highest BCUT2D eigenvalue weighted by Crippen LogP contribution is 2.39. The Kier molecular flexibility index (Phi) is 8.11. The van der Waals surface area contributed by atoms with Gasteiger partial charge in [0.15, 0.2) is 0 Å². The van der Waals surface area contributed by atoms with Crippen molar-refractivity contribution in [2.45, 2.75) is 74.4 Å². The number of nitrogens with zero attached hydrogens (tertiary/aromatic N) is 6. The van der Waals surface area contributed by atoms with Gasteiger partial charge in [-0.25, -0.2) is 8.91 Å². The normalized spacial score (nSPS) is 17.8. The molecule has 3 heterocycles. The number of pyridine rings is 1. The van der Waals surface area contributed by atoms with Crippen molar-refractivity contribution in [3.05, 3.63) is 65.5 Å². The second-order valence-corrected chi connectivity index (χ2v) is 11.7. The van der Waals surface area contributed by atoms with E-state index in [1.54, 1.807) is 10.6 Å². The van der Waals surface area contributed by atoms with E-state index in [4.69, 9.17) is 15.6 Å². The highest BCUT2D eigenvalue weighted by atomic mass is 32.2. The largest absolute Gasteiger partial charge is 0.461 e. The van der Waals surface area contributed by atoms with Gasteiger partial charge in [-0.05, 0) is 62.8 Å². The zero-order valence-corrected chi connectivity index (χ0v) is 23.9. The van der Waals surface area contributed by atoms with Gasteiger partial charge in [0.25, 0.3) is 0 Å². The molecule has 210 valence electrons. The van der Waals surface area contributed by atoms with Crippen molar-refractivity contribution in [3.63, 3.8) is 0 Å². The van der Waals surface area contributed by atoms with Crippen LogP contribution in [0.15, 0.2) is 52.6 Å². The lowest BCUT2D eigenvalue weighted by Gasteiger charge is -2.30. The summed E-state index contributed by atoms with van der Waals surface area (Å²) in [7, 11) is 0. The molecule has 1 aliphatic carbocycles. The minimum Gasteiger partial charge on any atom is -0.461 e. The molecule has 41 heavy (non-hydrogen) atoms. The maximum Gasteiger partial charge on any atom is 0.323 e. The number of hydrogen-bond donors (Lipinski definition) is 1. The van der Waals surface area contributed by atoms with E-state index < -0.39 is 11.9 Å². The first-order chi connectivity index (χ1) is 19.7. The molecule has 9 nitrogen and oxygen atoms in total. The van der Waals surface area contributed by atoms with Crippen molar-refractivity contribution in [2.75, 3.05) is 0 Å². The molecule has 5 rings (SSSR count). The SMILES string of the molecule is Cc1c(-c2cc(Sc3ccc(F)cc3C#N)c3c(C#N)cnn3c2)cnn1[C@H]1CC[C@H](OC(=O)C(N)C(C)C)CC1. The van der Waals surface area contributed by atoms with Gasteiger partial charge < -0.3 is 10.5 Å². The maximum absolute atomic E-state index is 13.8. The molecule has 0 radical (unpaired) electrons. The first kappa shape index (κ1) is 28.3. The lowest BCUT2D eigenvalue weighted by molar-refractivity contribution is -0.153. The molecule has 2 N–H and O–H groups in total. The van der Waals surface area contributed by atoms with E-state index in [0.29, 0.717) is 20.9 Å². The molecule has 1 aliphatic rings. The number of rotatable bonds is 7. The van der Waals surface area contributed by atoms with Crippen LogP contribution in [0.1, 0.15) is 62.4 Å². The molecule has 11 heteroatoms. The third-order valence-electron chi connectivity index (χ3n) is 7.60. The molecule has 1 atom stereocenters. The van der Waals surface area contributed by atoms with Crippen molar-refractivity contribution in [1.82, 2.24) is 19.4 Å². The molecule has 0 aliphatic heterocycles. The van der Waals surface area contributed by atoms with Crippen molar-refractivity contribution in [3.8, 4) is 23.3 Å². The average molecular weight is 572 g/mol. The molecule has 0 bridgehead atoms. The van der Waals surface area contributed by atoms with Gasteiger partial charge in [0.2, 0.25) is 0 Å². The Hall–Kier alpha value is -4.19. The summed E-state index contributed by atoms with van der Waals surface area (Å²) >= 11 is 1.29. The van der Waals surface area contributed by atoms with Gasteiger partial charge in [-0.15, -0.1) is 0 Å². The fourth-order valence-corrected chi connectivity index (χ4v) is 6.26. The van der Waals surface area contributed by atoms with Crippen LogP contribution in [0.5, 0.6) is 0 Å². The van der Waals surface area contributed by atoms with Crippen LogP contribution in [-0.2, 0) is 9.53 Å². The summed E-state index contributed by atoms with van der Waals surface area (Å²) in [5.74, 6) is -0.800. The second-order valence-electron chi connectivity index (χ2n) is 10.6. The minimum absolute atomic E-state index is 0.0273. The average Bonchev–Trinajstić information content (AvgIpc) is 3.57. The third-order valence-corrected chi connectivity index (χ3v) is 8.70. The van der Waals surface area contributed by atoms with Crippen LogP contribution in [0.4, 0.5) is 4.39 Å². The topological polar surface area (TPSA) is 135 Å². The number of carbonyl (C=O) groups is 1. The second kappa shape index (κ2) is 11.7. The van der Waals surface area contributed by atoms with Crippen molar-refractivity contribution in [1.29, 1.82) is 10.5 Å². The van der Waals surface area contributed by atoms with Gasteiger partial charge in [0.1, 0.15) is 30.1 Å². The number of fused-ring (bicyclic) bond motifs is 1. The Labute approximate surface area is 241 Å². The van der Waals surface area contributed by atoms with E-state index in [1.807, 2.05) is 43.9 Å². The van der Waals surface area contributed by atoms with Crippen molar-refractivity contribution in [2.24, 2.45) is 11.7 Å². The quantitative estimate of drug-likeness (QED) is 0.285. The number of nitrogens with two attached hydrogens (primary N) is 1. The summed E-state index contributed by atoms with van der Waals surface area (Å²) in [6.45, 7) is 5.83. The van der Waals surface area contributed by atoms with Gasteiger partial charge in [0.05, 0.1) is 35.1 Å². The van der Waals surface area contributed by atoms with Crippen LogP contribution >= 0.6 is 11.8 Å². The lowest BCUT2D eigenvalue weighted by Crippen LogP contribution is -2.39. The summed E-state index contributed by atoms with van der Waals surface area (Å²) in [5, 5.41) is 28.4.